The summed E-state index contributed by atoms with van der Waals surface area (Å²) in [6, 6.07) is 8.52. The Morgan fingerprint density at radius 1 is 1.25 bits per heavy atom. The molecule has 1 aromatic carbocycles. The lowest BCUT2D eigenvalue weighted by molar-refractivity contribution is 0.143. The molecule has 2 N–H and O–H groups in total. The predicted molar refractivity (Wildman–Crippen MR) is 81.1 cm³/mol. The van der Waals surface area contributed by atoms with Crippen LogP contribution in [0.5, 0.6) is 5.75 Å². The van der Waals surface area contributed by atoms with Gasteiger partial charge in [0.05, 0.1) is 13.2 Å². The lowest BCUT2D eigenvalue weighted by Gasteiger charge is -2.22. The van der Waals surface area contributed by atoms with Gasteiger partial charge < -0.3 is 19.9 Å². The van der Waals surface area contributed by atoms with E-state index >= 15 is 0 Å². The molecule has 2 unspecified atom stereocenters. The standard InChI is InChI=1S/C16H27NO3/c1-4-11-20-16-7-5-14(6-8-16)13(2)17-15(9-10-18)12-19-3/h5-8,13,15,17-18H,4,9-12H2,1-3H3. The van der Waals surface area contributed by atoms with Crippen molar-refractivity contribution in [3.8, 4) is 5.75 Å². The Bertz CT molecular complexity index is 347. The quantitative estimate of drug-likeness (QED) is 0.692. The molecule has 114 valence electrons. The van der Waals surface area contributed by atoms with Crippen molar-refractivity contribution in [1.29, 1.82) is 0 Å². The monoisotopic (exact) mass is 281 g/mol. The van der Waals surface area contributed by atoms with Gasteiger partial charge in [-0.25, -0.2) is 0 Å². The van der Waals surface area contributed by atoms with Gasteiger partial charge in [-0.15, -0.1) is 0 Å². The smallest absolute Gasteiger partial charge is 0.119 e. The van der Waals surface area contributed by atoms with E-state index < -0.39 is 0 Å². The van der Waals surface area contributed by atoms with Crippen LogP contribution in [0.4, 0.5) is 0 Å². The zero-order valence-electron chi connectivity index (χ0n) is 12.8. The number of rotatable bonds is 10. The SMILES string of the molecule is CCCOc1ccc(C(C)NC(CCO)COC)cc1. The van der Waals surface area contributed by atoms with Crippen molar-refractivity contribution in [3.63, 3.8) is 0 Å². The zero-order chi connectivity index (χ0) is 14.8. The van der Waals surface area contributed by atoms with Crippen molar-refractivity contribution in [2.45, 2.75) is 38.8 Å². The van der Waals surface area contributed by atoms with E-state index in [2.05, 4.69) is 31.3 Å². The number of aliphatic hydroxyl groups is 1. The Morgan fingerprint density at radius 2 is 1.95 bits per heavy atom. The highest BCUT2D eigenvalue weighted by molar-refractivity contribution is 5.29. The summed E-state index contributed by atoms with van der Waals surface area (Å²) in [5.41, 5.74) is 1.20. The topological polar surface area (TPSA) is 50.7 Å². The summed E-state index contributed by atoms with van der Waals surface area (Å²) in [5.74, 6) is 0.909. The van der Waals surface area contributed by atoms with Crippen molar-refractivity contribution >= 4 is 0 Å². The van der Waals surface area contributed by atoms with Crippen molar-refractivity contribution in [2.24, 2.45) is 0 Å². The normalized spacial score (nSPS) is 14.0. The third-order valence-electron chi connectivity index (χ3n) is 3.18. The van der Waals surface area contributed by atoms with Gasteiger partial charge in [0.25, 0.3) is 0 Å². The Hall–Kier alpha value is -1.10. The molecule has 0 bridgehead atoms. The minimum Gasteiger partial charge on any atom is -0.494 e. The Morgan fingerprint density at radius 3 is 2.50 bits per heavy atom. The molecule has 1 aromatic rings. The second kappa shape index (κ2) is 9.75. The van der Waals surface area contributed by atoms with Gasteiger partial charge in [-0.05, 0) is 37.5 Å². The van der Waals surface area contributed by atoms with Crippen LogP contribution in [0.2, 0.25) is 0 Å². The van der Waals surface area contributed by atoms with Gasteiger partial charge in [0.15, 0.2) is 0 Å². The fourth-order valence-corrected chi connectivity index (χ4v) is 2.09. The van der Waals surface area contributed by atoms with Crippen LogP contribution < -0.4 is 10.1 Å². The number of ether oxygens (including phenoxy) is 2. The Kier molecular flexibility index (Phi) is 8.26. The molecule has 0 fully saturated rings. The molecule has 0 heterocycles. The number of nitrogens with one attached hydrogen (secondary N) is 1. The van der Waals surface area contributed by atoms with E-state index in [-0.39, 0.29) is 18.7 Å². The van der Waals surface area contributed by atoms with E-state index in [1.165, 1.54) is 5.56 Å². The third kappa shape index (κ3) is 5.90. The summed E-state index contributed by atoms with van der Waals surface area (Å²) >= 11 is 0. The number of hydrogen-bond donors (Lipinski definition) is 2. The highest BCUT2D eigenvalue weighted by Crippen LogP contribution is 2.18. The van der Waals surface area contributed by atoms with E-state index in [0.29, 0.717) is 13.0 Å². The van der Waals surface area contributed by atoms with E-state index in [1.807, 2.05) is 12.1 Å². The molecule has 4 heteroatoms. The number of aliphatic hydroxyl groups excluding tert-OH is 1. The number of hydrogen-bond acceptors (Lipinski definition) is 4. The Labute approximate surface area is 122 Å². The maximum atomic E-state index is 9.05. The van der Waals surface area contributed by atoms with E-state index in [4.69, 9.17) is 14.6 Å². The van der Waals surface area contributed by atoms with E-state index in [1.54, 1.807) is 7.11 Å². The van der Waals surface area contributed by atoms with Gasteiger partial charge in [0.2, 0.25) is 0 Å². The highest BCUT2D eigenvalue weighted by atomic mass is 16.5. The average Bonchev–Trinajstić information content (AvgIpc) is 2.46. The second-order valence-corrected chi connectivity index (χ2v) is 4.97. The van der Waals surface area contributed by atoms with Gasteiger partial charge in [-0.2, -0.15) is 0 Å². The molecule has 0 radical (unpaired) electrons. The molecule has 0 saturated heterocycles. The van der Waals surface area contributed by atoms with Crippen molar-refractivity contribution in [3.05, 3.63) is 29.8 Å². The summed E-state index contributed by atoms with van der Waals surface area (Å²) in [4.78, 5) is 0. The summed E-state index contributed by atoms with van der Waals surface area (Å²) in [5, 5.41) is 12.5. The van der Waals surface area contributed by atoms with Crippen LogP contribution in [-0.4, -0.2) is 38.1 Å². The third-order valence-corrected chi connectivity index (χ3v) is 3.18. The molecule has 0 aliphatic rings. The molecule has 0 aromatic heterocycles. The summed E-state index contributed by atoms with van der Waals surface area (Å²) in [6.07, 6.45) is 1.70. The second-order valence-electron chi connectivity index (χ2n) is 4.97. The molecule has 1 rings (SSSR count). The molecule has 0 aliphatic heterocycles. The fraction of sp³-hybridized carbons (Fsp3) is 0.625. The van der Waals surface area contributed by atoms with Crippen LogP contribution >= 0.6 is 0 Å². The molecule has 20 heavy (non-hydrogen) atoms. The van der Waals surface area contributed by atoms with Crippen LogP contribution in [0.3, 0.4) is 0 Å². The van der Waals surface area contributed by atoms with Crippen molar-refractivity contribution < 1.29 is 14.6 Å². The van der Waals surface area contributed by atoms with Gasteiger partial charge in [-0.3, -0.25) is 0 Å². The molecular weight excluding hydrogens is 254 g/mol. The average molecular weight is 281 g/mol. The number of benzene rings is 1. The van der Waals surface area contributed by atoms with Crippen LogP contribution in [-0.2, 0) is 4.74 Å². The summed E-state index contributed by atoms with van der Waals surface area (Å²) < 4.78 is 10.7. The first-order valence-corrected chi connectivity index (χ1v) is 7.29. The predicted octanol–water partition coefficient (Wildman–Crippen LogP) is 2.52. The van der Waals surface area contributed by atoms with Crippen molar-refractivity contribution in [1.82, 2.24) is 5.32 Å². The highest BCUT2D eigenvalue weighted by Gasteiger charge is 2.13. The van der Waals surface area contributed by atoms with E-state index in [9.17, 15) is 0 Å². The first-order chi connectivity index (χ1) is 9.71. The number of methoxy groups -OCH3 is 1. The van der Waals surface area contributed by atoms with Crippen LogP contribution in [0, 0.1) is 0 Å². The minimum atomic E-state index is 0.163. The molecule has 0 saturated carbocycles. The fourth-order valence-electron chi connectivity index (χ4n) is 2.09. The maximum absolute atomic E-state index is 9.05. The van der Waals surface area contributed by atoms with Crippen LogP contribution in [0.15, 0.2) is 24.3 Å². The first kappa shape index (κ1) is 17.0. The van der Waals surface area contributed by atoms with Gasteiger partial charge in [0, 0.05) is 25.8 Å². The van der Waals surface area contributed by atoms with Gasteiger partial charge in [0.1, 0.15) is 5.75 Å². The van der Waals surface area contributed by atoms with Gasteiger partial charge >= 0.3 is 0 Å². The molecule has 2 atom stereocenters. The van der Waals surface area contributed by atoms with Crippen LogP contribution in [0.1, 0.15) is 38.3 Å². The molecule has 0 amide bonds. The zero-order valence-corrected chi connectivity index (χ0v) is 12.8. The lowest BCUT2D eigenvalue weighted by Crippen LogP contribution is -2.35. The first-order valence-electron chi connectivity index (χ1n) is 7.29. The Balaban J connectivity index is 2.54. The maximum Gasteiger partial charge on any atom is 0.119 e. The molecule has 4 nitrogen and oxygen atoms in total. The molecule has 0 spiro atoms. The minimum absolute atomic E-state index is 0.163. The summed E-state index contributed by atoms with van der Waals surface area (Å²) in [7, 11) is 1.68. The lowest BCUT2D eigenvalue weighted by atomic mass is 10.1. The largest absolute Gasteiger partial charge is 0.494 e. The molecule has 0 aliphatic carbocycles. The van der Waals surface area contributed by atoms with Crippen LogP contribution in [0.25, 0.3) is 0 Å². The van der Waals surface area contributed by atoms with E-state index in [0.717, 1.165) is 18.8 Å². The molecular formula is C16H27NO3. The van der Waals surface area contributed by atoms with Crippen molar-refractivity contribution in [2.75, 3.05) is 26.9 Å². The van der Waals surface area contributed by atoms with Gasteiger partial charge in [-0.1, -0.05) is 19.1 Å². The summed E-state index contributed by atoms with van der Waals surface area (Å²) in [6.45, 7) is 5.72.